The van der Waals surface area contributed by atoms with Gasteiger partial charge in [0.05, 0.1) is 19.1 Å². The normalized spacial score (nSPS) is 18.1. The molecule has 0 aromatic carbocycles. The van der Waals surface area contributed by atoms with Crippen LogP contribution in [0.3, 0.4) is 0 Å². The maximum Gasteiger partial charge on any atom is 0.306 e. The number of esters is 1. The van der Waals surface area contributed by atoms with E-state index in [1.807, 2.05) is 17.0 Å². The van der Waals surface area contributed by atoms with Crippen LogP contribution in [0.15, 0.2) is 24.5 Å². The Labute approximate surface area is 118 Å². The highest BCUT2D eigenvalue weighted by molar-refractivity contribution is 5.81. The van der Waals surface area contributed by atoms with Crippen molar-refractivity contribution in [3.8, 4) is 0 Å². The molecule has 0 bridgehead atoms. The van der Waals surface area contributed by atoms with Gasteiger partial charge in [-0.15, -0.1) is 0 Å². The van der Waals surface area contributed by atoms with Gasteiger partial charge in [0, 0.05) is 25.4 Å². The molecule has 0 N–H and O–H groups in total. The van der Waals surface area contributed by atoms with Crippen molar-refractivity contribution in [2.45, 2.75) is 38.6 Å². The lowest BCUT2D eigenvalue weighted by Crippen LogP contribution is -2.30. The van der Waals surface area contributed by atoms with Crippen molar-refractivity contribution >= 4 is 11.9 Å². The molecule has 0 aliphatic carbocycles. The van der Waals surface area contributed by atoms with Gasteiger partial charge in [-0.3, -0.25) is 14.6 Å². The first kappa shape index (κ1) is 14.5. The average Bonchev–Trinajstić information content (AvgIpc) is 2.95. The van der Waals surface area contributed by atoms with Gasteiger partial charge in [-0.25, -0.2) is 0 Å². The van der Waals surface area contributed by atoms with Gasteiger partial charge in [-0.1, -0.05) is 0 Å². The standard InChI is InChI=1S/C15H20N2O3/c1-2-20-15(19)6-5-14(18)17-11-3-4-13(17)12-7-9-16-10-8-12/h7-10,13H,2-6,11H2,1H3. The summed E-state index contributed by atoms with van der Waals surface area (Å²) in [5.41, 5.74) is 1.11. The second-order valence-electron chi connectivity index (χ2n) is 4.83. The van der Waals surface area contributed by atoms with Gasteiger partial charge >= 0.3 is 5.97 Å². The molecular weight excluding hydrogens is 256 g/mol. The number of pyridine rings is 1. The Balaban J connectivity index is 1.93. The van der Waals surface area contributed by atoms with Crippen molar-refractivity contribution in [1.82, 2.24) is 9.88 Å². The van der Waals surface area contributed by atoms with E-state index in [2.05, 4.69) is 4.98 Å². The van der Waals surface area contributed by atoms with Crippen LogP contribution < -0.4 is 0 Å². The lowest BCUT2D eigenvalue weighted by Gasteiger charge is -2.25. The number of amides is 1. The molecule has 5 nitrogen and oxygen atoms in total. The molecular formula is C15H20N2O3. The highest BCUT2D eigenvalue weighted by Gasteiger charge is 2.29. The highest BCUT2D eigenvalue weighted by atomic mass is 16.5. The zero-order valence-corrected chi connectivity index (χ0v) is 11.7. The van der Waals surface area contributed by atoms with Crippen molar-refractivity contribution in [1.29, 1.82) is 0 Å². The second-order valence-corrected chi connectivity index (χ2v) is 4.83. The van der Waals surface area contributed by atoms with Crippen LogP contribution in [0.5, 0.6) is 0 Å². The van der Waals surface area contributed by atoms with Crippen LogP contribution in [-0.4, -0.2) is 34.9 Å². The number of ether oxygens (including phenoxy) is 1. The van der Waals surface area contributed by atoms with E-state index >= 15 is 0 Å². The van der Waals surface area contributed by atoms with Crippen molar-refractivity contribution in [2.75, 3.05) is 13.2 Å². The molecule has 1 saturated heterocycles. The molecule has 1 atom stereocenters. The van der Waals surface area contributed by atoms with Crippen molar-refractivity contribution in [3.63, 3.8) is 0 Å². The van der Waals surface area contributed by atoms with Gasteiger partial charge in [-0.2, -0.15) is 0 Å². The first-order valence-electron chi connectivity index (χ1n) is 7.07. The van der Waals surface area contributed by atoms with E-state index in [0.717, 1.165) is 24.9 Å². The molecule has 0 radical (unpaired) electrons. The van der Waals surface area contributed by atoms with Gasteiger partial charge in [0.1, 0.15) is 0 Å². The number of hydrogen-bond donors (Lipinski definition) is 0. The summed E-state index contributed by atoms with van der Waals surface area (Å²) >= 11 is 0. The summed E-state index contributed by atoms with van der Waals surface area (Å²) in [7, 11) is 0. The summed E-state index contributed by atoms with van der Waals surface area (Å²) in [5.74, 6) is -0.280. The van der Waals surface area contributed by atoms with Crippen LogP contribution in [0, 0.1) is 0 Å². The van der Waals surface area contributed by atoms with Crippen LogP contribution in [-0.2, 0) is 14.3 Å². The molecule has 1 fully saturated rings. The molecule has 108 valence electrons. The van der Waals surface area contributed by atoms with Gasteiger partial charge < -0.3 is 9.64 Å². The third kappa shape index (κ3) is 3.56. The molecule has 0 saturated carbocycles. The maximum atomic E-state index is 12.2. The zero-order chi connectivity index (χ0) is 14.4. The smallest absolute Gasteiger partial charge is 0.306 e. The van der Waals surface area contributed by atoms with Crippen molar-refractivity contribution < 1.29 is 14.3 Å². The third-order valence-electron chi connectivity index (χ3n) is 3.51. The van der Waals surface area contributed by atoms with Crippen molar-refractivity contribution in [2.24, 2.45) is 0 Å². The molecule has 1 aliphatic rings. The average molecular weight is 276 g/mol. The molecule has 20 heavy (non-hydrogen) atoms. The monoisotopic (exact) mass is 276 g/mol. The van der Waals surface area contributed by atoms with E-state index in [0.29, 0.717) is 6.61 Å². The lowest BCUT2D eigenvalue weighted by molar-refractivity contribution is -0.145. The minimum Gasteiger partial charge on any atom is -0.466 e. The second kappa shape index (κ2) is 7.03. The molecule has 5 heteroatoms. The number of carbonyl (C=O) groups excluding carboxylic acids is 2. The fourth-order valence-electron chi connectivity index (χ4n) is 2.58. The van der Waals surface area contributed by atoms with E-state index in [1.165, 1.54) is 0 Å². The van der Waals surface area contributed by atoms with Crippen molar-refractivity contribution in [3.05, 3.63) is 30.1 Å². The number of rotatable bonds is 5. The molecule has 0 spiro atoms. The molecule has 1 amide bonds. The first-order chi connectivity index (χ1) is 9.72. The Kier molecular flexibility index (Phi) is 5.09. The summed E-state index contributed by atoms with van der Waals surface area (Å²) in [4.78, 5) is 29.4. The summed E-state index contributed by atoms with van der Waals surface area (Å²) in [5, 5.41) is 0. The number of carbonyl (C=O) groups is 2. The third-order valence-corrected chi connectivity index (χ3v) is 3.51. The van der Waals surface area contributed by atoms with E-state index in [-0.39, 0.29) is 30.8 Å². The summed E-state index contributed by atoms with van der Waals surface area (Å²) in [6.07, 6.45) is 5.84. The van der Waals surface area contributed by atoms with Gasteiger partial charge in [0.2, 0.25) is 5.91 Å². The summed E-state index contributed by atoms with van der Waals surface area (Å²) in [6, 6.07) is 4.01. The number of hydrogen-bond acceptors (Lipinski definition) is 4. The Morgan fingerprint density at radius 1 is 1.35 bits per heavy atom. The van der Waals surface area contributed by atoms with Gasteiger partial charge in [-0.05, 0) is 37.5 Å². The van der Waals surface area contributed by atoms with Crippen LogP contribution in [0.25, 0.3) is 0 Å². The van der Waals surface area contributed by atoms with Crippen LogP contribution in [0.2, 0.25) is 0 Å². The fraction of sp³-hybridized carbons (Fsp3) is 0.533. The molecule has 1 aromatic rings. The number of aromatic nitrogens is 1. The van der Waals surface area contributed by atoms with E-state index < -0.39 is 0 Å². The minimum absolute atomic E-state index is 0.0253. The van der Waals surface area contributed by atoms with Gasteiger partial charge in [0.15, 0.2) is 0 Å². The number of likely N-dealkylation sites (tertiary alicyclic amines) is 1. The Morgan fingerprint density at radius 3 is 2.80 bits per heavy atom. The predicted molar refractivity (Wildman–Crippen MR) is 73.8 cm³/mol. The summed E-state index contributed by atoms with van der Waals surface area (Å²) in [6.45, 7) is 2.88. The quantitative estimate of drug-likeness (QED) is 0.773. The van der Waals surface area contributed by atoms with Crippen LogP contribution in [0.4, 0.5) is 0 Å². The molecule has 2 heterocycles. The molecule has 1 unspecified atom stereocenters. The topological polar surface area (TPSA) is 59.5 Å². The summed E-state index contributed by atoms with van der Waals surface area (Å²) < 4.78 is 4.85. The largest absolute Gasteiger partial charge is 0.466 e. The molecule has 1 aromatic heterocycles. The number of nitrogens with zero attached hydrogens (tertiary/aromatic N) is 2. The van der Waals surface area contributed by atoms with Crippen LogP contribution >= 0.6 is 0 Å². The minimum atomic E-state index is -0.305. The molecule has 2 rings (SSSR count). The predicted octanol–water partition coefficient (Wildman–Crippen LogP) is 2.09. The Morgan fingerprint density at radius 2 is 2.10 bits per heavy atom. The maximum absolute atomic E-state index is 12.2. The van der Waals surface area contributed by atoms with Gasteiger partial charge in [0.25, 0.3) is 0 Å². The van der Waals surface area contributed by atoms with Crippen LogP contribution in [0.1, 0.15) is 44.2 Å². The van der Waals surface area contributed by atoms with E-state index in [4.69, 9.17) is 4.74 Å². The van der Waals surface area contributed by atoms with E-state index in [1.54, 1.807) is 19.3 Å². The lowest BCUT2D eigenvalue weighted by atomic mass is 10.1. The van der Waals surface area contributed by atoms with E-state index in [9.17, 15) is 9.59 Å². The molecule has 1 aliphatic heterocycles. The Hall–Kier alpha value is -1.91. The first-order valence-corrected chi connectivity index (χ1v) is 7.07. The Bertz CT molecular complexity index is 461. The highest BCUT2D eigenvalue weighted by Crippen LogP contribution is 2.32. The fourth-order valence-corrected chi connectivity index (χ4v) is 2.58. The SMILES string of the molecule is CCOC(=O)CCC(=O)N1CCCC1c1ccncc1. The zero-order valence-electron chi connectivity index (χ0n) is 11.7.